The predicted molar refractivity (Wildman–Crippen MR) is 75.1 cm³/mol. The first-order valence-corrected chi connectivity index (χ1v) is 6.56. The van der Waals surface area contributed by atoms with E-state index in [1.54, 1.807) is 30.5 Å². The molecule has 0 aliphatic rings. The smallest absolute Gasteiger partial charge is 0.308 e. The van der Waals surface area contributed by atoms with E-state index < -0.39 is 5.97 Å². The summed E-state index contributed by atoms with van der Waals surface area (Å²) in [6, 6.07) is 6.50. The second kappa shape index (κ2) is 5.85. The summed E-state index contributed by atoms with van der Waals surface area (Å²) in [5.74, 6) is -0.651. The summed E-state index contributed by atoms with van der Waals surface area (Å²) < 4.78 is 5.68. The van der Waals surface area contributed by atoms with Gasteiger partial charge in [0.15, 0.2) is 5.13 Å². The number of anilines is 1. The van der Waals surface area contributed by atoms with Crippen molar-refractivity contribution in [2.24, 2.45) is 0 Å². The quantitative estimate of drug-likeness (QED) is 0.519. The lowest BCUT2D eigenvalue weighted by Gasteiger charge is -2.07. The van der Waals surface area contributed by atoms with Crippen molar-refractivity contribution in [3.05, 3.63) is 36.0 Å². The number of hydrogen-bond acceptors (Lipinski definition) is 6. The third kappa shape index (κ3) is 3.55. The SMILES string of the molecule is CC(=O)Oc1ccccc1C(=O)Nc1ncc(S)s1. The normalized spacial score (nSPS) is 10.0. The number of esters is 1. The van der Waals surface area contributed by atoms with Crippen molar-refractivity contribution < 1.29 is 14.3 Å². The second-order valence-electron chi connectivity index (χ2n) is 3.55. The van der Waals surface area contributed by atoms with Crippen LogP contribution in [0.2, 0.25) is 0 Å². The standard InChI is InChI=1S/C12H10N2O3S2/c1-7(15)17-9-5-3-2-4-8(9)11(16)14-12-13-6-10(18)19-12/h2-6,18H,1H3,(H,13,14,16). The Morgan fingerprint density at radius 1 is 1.37 bits per heavy atom. The maximum Gasteiger partial charge on any atom is 0.308 e. The van der Waals surface area contributed by atoms with Gasteiger partial charge in [0.2, 0.25) is 0 Å². The Hall–Kier alpha value is -1.86. The molecule has 1 aromatic heterocycles. The largest absolute Gasteiger partial charge is 0.426 e. The molecule has 0 aliphatic heterocycles. The van der Waals surface area contributed by atoms with Crippen LogP contribution in [0.4, 0.5) is 5.13 Å². The van der Waals surface area contributed by atoms with E-state index in [-0.39, 0.29) is 17.2 Å². The Kier molecular flexibility index (Phi) is 4.18. The number of rotatable bonds is 3. The fraction of sp³-hybridized carbons (Fsp3) is 0.0833. The minimum Gasteiger partial charge on any atom is -0.426 e. The highest BCUT2D eigenvalue weighted by molar-refractivity contribution is 7.83. The van der Waals surface area contributed by atoms with Crippen molar-refractivity contribution in [3.8, 4) is 5.75 Å². The van der Waals surface area contributed by atoms with E-state index in [2.05, 4.69) is 22.9 Å². The monoisotopic (exact) mass is 294 g/mol. The molecule has 7 heteroatoms. The molecule has 0 saturated carbocycles. The topological polar surface area (TPSA) is 68.3 Å². The van der Waals surface area contributed by atoms with E-state index in [1.807, 2.05) is 0 Å². The van der Waals surface area contributed by atoms with Crippen LogP contribution in [-0.4, -0.2) is 16.9 Å². The van der Waals surface area contributed by atoms with Gasteiger partial charge in [0.05, 0.1) is 16.0 Å². The van der Waals surface area contributed by atoms with Gasteiger partial charge in [0, 0.05) is 6.92 Å². The number of hydrogen-bond donors (Lipinski definition) is 2. The molecule has 0 radical (unpaired) electrons. The lowest BCUT2D eigenvalue weighted by Crippen LogP contribution is -2.14. The molecular weight excluding hydrogens is 284 g/mol. The van der Waals surface area contributed by atoms with Crippen molar-refractivity contribution in [2.75, 3.05) is 5.32 Å². The molecule has 19 heavy (non-hydrogen) atoms. The van der Waals surface area contributed by atoms with Gasteiger partial charge < -0.3 is 4.74 Å². The van der Waals surface area contributed by atoms with Crippen molar-refractivity contribution >= 4 is 41.0 Å². The minimum absolute atomic E-state index is 0.218. The number of aromatic nitrogens is 1. The Balaban J connectivity index is 2.21. The highest BCUT2D eigenvalue weighted by atomic mass is 32.2. The van der Waals surface area contributed by atoms with Crippen LogP contribution in [-0.2, 0) is 4.79 Å². The van der Waals surface area contributed by atoms with Crippen LogP contribution in [0.5, 0.6) is 5.75 Å². The fourth-order valence-corrected chi connectivity index (χ4v) is 2.26. The predicted octanol–water partition coefficient (Wildman–Crippen LogP) is 2.61. The molecule has 0 unspecified atom stereocenters. The van der Waals surface area contributed by atoms with E-state index >= 15 is 0 Å². The highest BCUT2D eigenvalue weighted by Gasteiger charge is 2.14. The molecule has 0 spiro atoms. The average Bonchev–Trinajstić information content (AvgIpc) is 2.74. The molecule has 5 nitrogen and oxygen atoms in total. The Labute approximate surface area is 119 Å². The summed E-state index contributed by atoms with van der Waals surface area (Å²) in [5.41, 5.74) is 0.272. The van der Waals surface area contributed by atoms with Gasteiger partial charge in [-0.05, 0) is 12.1 Å². The average molecular weight is 294 g/mol. The summed E-state index contributed by atoms with van der Waals surface area (Å²) in [7, 11) is 0. The van der Waals surface area contributed by atoms with E-state index in [1.165, 1.54) is 18.3 Å². The molecule has 98 valence electrons. The van der Waals surface area contributed by atoms with Crippen LogP contribution in [0, 0.1) is 0 Å². The van der Waals surface area contributed by atoms with Gasteiger partial charge in [-0.3, -0.25) is 14.9 Å². The molecule has 1 heterocycles. The molecule has 0 saturated heterocycles. The molecule has 1 amide bonds. The first-order chi connectivity index (χ1) is 9.06. The number of carbonyl (C=O) groups excluding carboxylic acids is 2. The summed E-state index contributed by atoms with van der Waals surface area (Å²) in [4.78, 5) is 27.0. The number of ether oxygens (including phenoxy) is 1. The van der Waals surface area contributed by atoms with Crippen LogP contribution in [0.1, 0.15) is 17.3 Å². The van der Waals surface area contributed by atoms with Gasteiger partial charge in [-0.25, -0.2) is 4.98 Å². The van der Waals surface area contributed by atoms with Crippen molar-refractivity contribution in [1.82, 2.24) is 4.98 Å². The number of thiazole rings is 1. The van der Waals surface area contributed by atoms with E-state index in [4.69, 9.17) is 4.74 Å². The maximum atomic E-state index is 12.1. The zero-order valence-corrected chi connectivity index (χ0v) is 11.6. The van der Waals surface area contributed by atoms with Crippen LogP contribution < -0.4 is 10.1 Å². The van der Waals surface area contributed by atoms with Crippen molar-refractivity contribution in [2.45, 2.75) is 11.1 Å². The van der Waals surface area contributed by atoms with Gasteiger partial charge in [0.25, 0.3) is 5.91 Å². The lowest BCUT2D eigenvalue weighted by molar-refractivity contribution is -0.131. The second-order valence-corrected chi connectivity index (χ2v) is 5.36. The molecule has 2 rings (SSSR count). The van der Waals surface area contributed by atoms with Gasteiger partial charge in [-0.1, -0.05) is 23.5 Å². The molecule has 0 aliphatic carbocycles. The van der Waals surface area contributed by atoms with Gasteiger partial charge in [-0.15, -0.1) is 12.6 Å². The van der Waals surface area contributed by atoms with Gasteiger partial charge >= 0.3 is 5.97 Å². The number of nitrogens with one attached hydrogen (secondary N) is 1. The molecule has 1 N–H and O–H groups in total. The number of thiol groups is 1. The Morgan fingerprint density at radius 3 is 2.74 bits per heavy atom. The first-order valence-electron chi connectivity index (χ1n) is 5.30. The molecule has 0 bridgehead atoms. The maximum absolute atomic E-state index is 12.1. The molecule has 1 aromatic carbocycles. The Morgan fingerprint density at radius 2 is 2.11 bits per heavy atom. The molecule has 2 aromatic rings. The van der Waals surface area contributed by atoms with E-state index in [0.717, 1.165) is 0 Å². The highest BCUT2D eigenvalue weighted by Crippen LogP contribution is 2.24. The zero-order valence-electron chi connectivity index (χ0n) is 9.91. The van der Waals surface area contributed by atoms with E-state index in [0.29, 0.717) is 9.34 Å². The number of carbonyl (C=O) groups is 2. The fourth-order valence-electron chi connectivity index (χ4n) is 1.39. The number of amides is 1. The minimum atomic E-state index is -0.479. The summed E-state index contributed by atoms with van der Waals surface area (Å²) in [5, 5.41) is 3.06. The van der Waals surface area contributed by atoms with Crippen molar-refractivity contribution in [3.63, 3.8) is 0 Å². The molecular formula is C12H10N2O3S2. The van der Waals surface area contributed by atoms with Gasteiger partial charge in [-0.2, -0.15) is 0 Å². The van der Waals surface area contributed by atoms with Crippen LogP contribution in [0.25, 0.3) is 0 Å². The van der Waals surface area contributed by atoms with Crippen LogP contribution in [0.3, 0.4) is 0 Å². The number of para-hydroxylation sites is 1. The first kappa shape index (κ1) is 13.6. The van der Waals surface area contributed by atoms with Gasteiger partial charge in [0.1, 0.15) is 5.75 Å². The van der Waals surface area contributed by atoms with Crippen molar-refractivity contribution in [1.29, 1.82) is 0 Å². The van der Waals surface area contributed by atoms with Crippen LogP contribution in [0.15, 0.2) is 34.7 Å². The summed E-state index contributed by atoms with van der Waals surface area (Å²) >= 11 is 5.36. The zero-order chi connectivity index (χ0) is 13.8. The lowest BCUT2D eigenvalue weighted by atomic mass is 10.2. The van der Waals surface area contributed by atoms with E-state index in [9.17, 15) is 9.59 Å². The molecule has 0 fully saturated rings. The number of benzene rings is 1. The third-order valence-electron chi connectivity index (χ3n) is 2.10. The third-order valence-corrected chi connectivity index (χ3v) is 3.20. The Bertz CT molecular complexity index is 625. The molecule has 0 atom stereocenters. The van der Waals surface area contributed by atoms with Crippen LogP contribution >= 0.6 is 24.0 Å². The summed E-state index contributed by atoms with van der Waals surface area (Å²) in [6.07, 6.45) is 1.54. The number of nitrogens with zero attached hydrogens (tertiary/aromatic N) is 1. The summed E-state index contributed by atoms with van der Waals surface area (Å²) in [6.45, 7) is 1.28.